The second-order valence-corrected chi connectivity index (χ2v) is 5.24. The third kappa shape index (κ3) is 4.97. The fourth-order valence-electron chi connectivity index (χ4n) is 1.25. The van der Waals surface area contributed by atoms with Crippen molar-refractivity contribution < 1.29 is 27.6 Å². The monoisotopic (exact) mass is 314 g/mol. The van der Waals surface area contributed by atoms with E-state index < -0.39 is 16.1 Å². The second-order valence-electron chi connectivity index (χ2n) is 3.82. The van der Waals surface area contributed by atoms with Crippen LogP contribution in [-0.2, 0) is 19.6 Å². The molecule has 0 saturated heterocycles. The van der Waals surface area contributed by atoms with Gasteiger partial charge in [-0.2, -0.15) is 13.5 Å². The van der Waals surface area contributed by atoms with Crippen molar-refractivity contribution in [2.24, 2.45) is 10.2 Å². The van der Waals surface area contributed by atoms with E-state index in [9.17, 15) is 18.3 Å². The van der Waals surface area contributed by atoms with E-state index in [0.717, 1.165) is 12.1 Å². The summed E-state index contributed by atoms with van der Waals surface area (Å²) in [6.07, 6.45) is 0. The lowest BCUT2D eigenvalue weighted by molar-refractivity contribution is -0.138. The minimum atomic E-state index is -4.28. The predicted octanol–water partition coefficient (Wildman–Crippen LogP) is 2.37. The average molecular weight is 314 g/mol. The first-order valence-corrected chi connectivity index (χ1v) is 7.26. The van der Waals surface area contributed by atoms with Gasteiger partial charge in [-0.3, -0.25) is 4.55 Å². The smallest absolute Gasteiger partial charge is 0.362 e. The maximum absolute atomic E-state index is 11.5. The Bertz CT molecular complexity index is 672. The summed E-state index contributed by atoms with van der Waals surface area (Å²) >= 11 is 0. The molecule has 21 heavy (non-hydrogen) atoms. The quantitative estimate of drug-likeness (QED) is 0.282. The summed E-state index contributed by atoms with van der Waals surface area (Å²) in [5.41, 5.74) is -0.124. The minimum absolute atomic E-state index is 0.119. The Morgan fingerprint density at radius 1 is 1.29 bits per heavy atom. The van der Waals surface area contributed by atoms with Crippen molar-refractivity contribution in [3.05, 3.63) is 35.7 Å². The first-order chi connectivity index (χ1) is 9.75. The van der Waals surface area contributed by atoms with Crippen molar-refractivity contribution in [3.63, 3.8) is 0 Å². The van der Waals surface area contributed by atoms with Crippen molar-refractivity contribution in [2.75, 3.05) is 6.61 Å². The minimum Gasteiger partial charge on any atom is -0.510 e. The number of benzene rings is 1. The number of allylic oxidation sites excluding steroid dienone is 1. The van der Waals surface area contributed by atoms with Gasteiger partial charge in [0, 0.05) is 0 Å². The fraction of sp³-hybridized carbons (Fsp3) is 0.250. The third-order valence-corrected chi connectivity index (χ3v) is 3.08. The molecule has 0 bridgehead atoms. The zero-order valence-electron chi connectivity index (χ0n) is 11.3. The molecule has 0 aliphatic rings. The van der Waals surface area contributed by atoms with Crippen LogP contribution in [0.15, 0.2) is 50.8 Å². The first-order valence-electron chi connectivity index (χ1n) is 5.82. The molecule has 0 radical (unpaired) electrons. The Kier molecular flexibility index (Phi) is 5.56. The maximum atomic E-state index is 11.5. The lowest BCUT2D eigenvalue weighted by Gasteiger charge is -2.02. The van der Waals surface area contributed by atoms with E-state index >= 15 is 0 Å². The number of rotatable bonds is 5. The molecule has 0 atom stereocenters. The molecule has 0 aliphatic carbocycles. The molecule has 0 aromatic heterocycles. The number of aliphatic hydroxyl groups is 1. The number of ether oxygens (including phenoxy) is 1. The van der Waals surface area contributed by atoms with Crippen LogP contribution in [0.2, 0.25) is 0 Å². The molecule has 0 unspecified atom stereocenters. The van der Waals surface area contributed by atoms with Gasteiger partial charge in [0.15, 0.2) is 0 Å². The molecule has 2 N–H and O–H groups in total. The first kappa shape index (κ1) is 16.8. The van der Waals surface area contributed by atoms with Gasteiger partial charge in [0.25, 0.3) is 10.1 Å². The zero-order valence-corrected chi connectivity index (χ0v) is 12.2. The van der Waals surface area contributed by atoms with Crippen LogP contribution in [0.1, 0.15) is 13.8 Å². The Labute approximate surface area is 121 Å². The number of azo groups is 1. The van der Waals surface area contributed by atoms with Crippen LogP contribution < -0.4 is 0 Å². The molecule has 0 amide bonds. The molecule has 1 aromatic rings. The fourth-order valence-corrected chi connectivity index (χ4v) is 1.73. The highest BCUT2D eigenvalue weighted by atomic mass is 32.2. The molecule has 8 nitrogen and oxygen atoms in total. The Morgan fingerprint density at radius 3 is 2.29 bits per heavy atom. The van der Waals surface area contributed by atoms with Gasteiger partial charge in [-0.1, -0.05) is 0 Å². The molecule has 1 rings (SSSR count). The molecule has 0 saturated carbocycles. The number of carbonyl (C=O) groups excluding carboxylic acids is 1. The van der Waals surface area contributed by atoms with E-state index in [2.05, 4.69) is 10.2 Å². The highest BCUT2D eigenvalue weighted by Gasteiger charge is 2.14. The van der Waals surface area contributed by atoms with Gasteiger partial charge in [0.2, 0.25) is 5.70 Å². The number of nitrogens with zero attached hydrogens (tertiary/aromatic N) is 2. The summed E-state index contributed by atoms with van der Waals surface area (Å²) in [6.45, 7) is 2.98. The van der Waals surface area contributed by atoms with Crippen molar-refractivity contribution in [1.82, 2.24) is 0 Å². The van der Waals surface area contributed by atoms with Crippen LogP contribution in [0.3, 0.4) is 0 Å². The molecular formula is C12H14N2O6S. The van der Waals surface area contributed by atoms with E-state index in [1.807, 2.05) is 0 Å². The molecule has 1 aromatic carbocycles. The summed E-state index contributed by atoms with van der Waals surface area (Å²) in [7, 11) is -4.28. The molecule has 0 fully saturated rings. The van der Waals surface area contributed by atoms with Crippen molar-refractivity contribution in [3.8, 4) is 0 Å². The molecule has 0 spiro atoms. The summed E-state index contributed by atoms with van der Waals surface area (Å²) in [5, 5.41) is 16.6. The molecule has 114 valence electrons. The lowest BCUT2D eigenvalue weighted by Crippen LogP contribution is -2.07. The number of aliphatic hydroxyl groups excluding tert-OH is 1. The number of hydrogen-bond acceptors (Lipinski definition) is 7. The molecule has 0 heterocycles. The van der Waals surface area contributed by atoms with Gasteiger partial charge in [-0.25, -0.2) is 4.79 Å². The zero-order chi connectivity index (χ0) is 16.0. The summed E-state index contributed by atoms with van der Waals surface area (Å²) in [4.78, 5) is 11.2. The number of carbonyl (C=O) groups is 1. The third-order valence-electron chi connectivity index (χ3n) is 2.21. The van der Waals surface area contributed by atoms with Gasteiger partial charge in [-0.05, 0) is 38.1 Å². The van der Waals surface area contributed by atoms with Crippen LogP contribution in [0.25, 0.3) is 0 Å². The van der Waals surface area contributed by atoms with E-state index in [-0.39, 0.29) is 28.6 Å². The van der Waals surface area contributed by atoms with E-state index in [0.29, 0.717) is 0 Å². The Balaban J connectivity index is 2.98. The Hall–Kier alpha value is -2.26. The summed E-state index contributed by atoms with van der Waals surface area (Å²) < 4.78 is 35.2. The highest BCUT2D eigenvalue weighted by Crippen LogP contribution is 2.18. The SMILES string of the molecule is CCOC(=O)/C(N=Nc1ccc(S(=O)(=O)O)cc1)=C(/C)O. The van der Waals surface area contributed by atoms with Gasteiger partial charge < -0.3 is 9.84 Å². The van der Waals surface area contributed by atoms with Crippen LogP contribution in [0, 0.1) is 0 Å². The Morgan fingerprint density at radius 2 is 1.86 bits per heavy atom. The lowest BCUT2D eigenvalue weighted by atomic mass is 10.3. The summed E-state index contributed by atoms with van der Waals surface area (Å²) in [6, 6.07) is 4.82. The van der Waals surface area contributed by atoms with Crippen molar-refractivity contribution >= 4 is 21.8 Å². The van der Waals surface area contributed by atoms with E-state index in [4.69, 9.17) is 9.29 Å². The molecular weight excluding hydrogens is 300 g/mol. The van der Waals surface area contributed by atoms with Crippen LogP contribution in [-0.4, -0.2) is 30.7 Å². The molecule has 0 aliphatic heterocycles. The van der Waals surface area contributed by atoms with Crippen molar-refractivity contribution in [1.29, 1.82) is 0 Å². The average Bonchev–Trinajstić information content (AvgIpc) is 2.38. The predicted molar refractivity (Wildman–Crippen MR) is 72.7 cm³/mol. The van der Waals surface area contributed by atoms with E-state index in [1.165, 1.54) is 19.1 Å². The van der Waals surface area contributed by atoms with Crippen LogP contribution in [0.4, 0.5) is 5.69 Å². The van der Waals surface area contributed by atoms with Gasteiger partial charge in [0.1, 0.15) is 5.76 Å². The topological polar surface area (TPSA) is 126 Å². The van der Waals surface area contributed by atoms with Gasteiger partial charge in [-0.15, -0.1) is 5.11 Å². The van der Waals surface area contributed by atoms with Crippen LogP contribution >= 0.6 is 0 Å². The second kappa shape index (κ2) is 6.95. The van der Waals surface area contributed by atoms with E-state index in [1.54, 1.807) is 6.92 Å². The van der Waals surface area contributed by atoms with Crippen LogP contribution in [0.5, 0.6) is 0 Å². The van der Waals surface area contributed by atoms with Gasteiger partial charge in [0.05, 0.1) is 17.2 Å². The highest BCUT2D eigenvalue weighted by molar-refractivity contribution is 7.85. The largest absolute Gasteiger partial charge is 0.510 e. The molecule has 9 heteroatoms. The van der Waals surface area contributed by atoms with Crippen molar-refractivity contribution in [2.45, 2.75) is 18.7 Å². The standard InChI is InChI=1S/C12H14N2O6S/c1-3-20-12(16)11(8(2)15)14-13-9-4-6-10(7-5-9)21(17,18)19/h4-7,15H,3H2,1-2H3,(H,17,18,19)/b11-8+,14-13?. The number of hydrogen-bond donors (Lipinski definition) is 2. The number of esters is 1. The van der Waals surface area contributed by atoms with Gasteiger partial charge >= 0.3 is 5.97 Å². The summed E-state index contributed by atoms with van der Waals surface area (Å²) in [5.74, 6) is -1.18. The normalized spacial score (nSPS) is 13.1. The maximum Gasteiger partial charge on any atom is 0.362 e.